The van der Waals surface area contributed by atoms with Gasteiger partial charge in [-0.2, -0.15) is 0 Å². The Kier molecular flexibility index (Phi) is 18.8. The Morgan fingerprint density at radius 2 is 1.33 bits per heavy atom. The number of H-pyrrole nitrogens is 1. The standard InChI is InChI=1S/C35H32F2N2O3.B25/c1-20-4-5-23(29(37)14-20)19-42-33-18-26-22(15-32(33)41-3)12-13-39-31(26)17-28-27-16-25(40-2)10-11-30(27)38-34(28)35(39)21-6-8-24(36)9-7-21;1-14-21(15(2)3)24(20(12)13)25(22(16(4)5)17(6)7)23(18(8)9)19(10)11/h4-11,14-16,18,31,35,38H,12-13,17,19H2,1-3H3;. The molecule has 2 aliphatic heterocycles. The molecule has 0 saturated heterocycles. The molecule has 0 saturated carbocycles. The first-order valence-corrected chi connectivity index (χ1v) is 22.2. The van der Waals surface area contributed by atoms with Gasteiger partial charge in [0.05, 0.1) is 20.3 Å². The lowest BCUT2D eigenvalue weighted by molar-refractivity contribution is 0.127. The highest BCUT2D eigenvalue weighted by Crippen LogP contribution is 2.50. The van der Waals surface area contributed by atoms with Gasteiger partial charge in [0, 0.05) is 213 Å². The Labute approximate surface area is 419 Å². The molecule has 1 aromatic heterocycles. The highest BCUT2D eigenvalue weighted by atomic mass is 19.1. The van der Waals surface area contributed by atoms with E-state index in [1.165, 1.54) is 36.4 Å². The summed E-state index contributed by atoms with van der Waals surface area (Å²) in [6.45, 7) is 2.79. The van der Waals surface area contributed by atoms with Crippen molar-refractivity contribution in [1.82, 2.24) is 9.88 Å². The molecule has 3 heterocycles. The lowest BCUT2D eigenvalue weighted by Gasteiger charge is -2.47. The minimum Gasteiger partial charge on any atom is -0.497 e. The molecule has 32 heteroatoms. The van der Waals surface area contributed by atoms with Crippen molar-refractivity contribution in [3.63, 3.8) is 0 Å². The maximum atomic E-state index is 14.6. The molecular formula is C35H32B25F2N2O3. The number of ether oxygens (including phenoxy) is 3. The first-order valence-electron chi connectivity index (χ1n) is 22.2. The van der Waals surface area contributed by atoms with Crippen LogP contribution < -0.4 is 14.2 Å². The molecule has 2 unspecified atom stereocenters. The quantitative estimate of drug-likeness (QED) is 0.111. The molecule has 2 aliphatic rings. The average molecular weight is 837 g/mol. The van der Waals surface area contributed by atoms with Gasteiger partial charge in [-0.15, -0.1) is 0 Å². The van der Waals surface area contributed by atoms with Crippen LogP contribution in [0.5, 0.6) is 17.2 Å². The van der Waals surface area contributed by atoms with Gasteiger partial charge in [-0.05, 0) is 96.1 Å². The zero-order chi connectivity index (χ0) is 49.0. The van der Waals surface area contributed by atoms with Crippen LogP contribution in [0.1, 0.15) is 51.2 Å². The Morgan fingerprint density at radius 3 is 1.87 bits per heavy atom. The van der Waals surface area contributed by atoms with E-state index in [0.29, 0.717) is 17.1 Å². The van der Waals surface area contributed by atoms with Crippen molar-refractivity contribution in [3.8, 4) is 17.2 Å². The van der Waals surface area contributed by atoms with Crippen molar-refractivity contribution < 1.29 is 23.0 Å². The number of hydrogen-bond donors (Lipinski definition) is 1. The number of aryl methyl sites for hydroxylation is 1. The van der Waals surface area contributed by atoms with Crippen molar-refractivity contribution in [1.29, 1.82) is 0 Å². The maximum absolute atomic E-state index is 14.6. The number of halogens is 2. The minimum absolute atomic E-state index is 0.0471. The third-order valence-corrected chi connectivity index (χ3v) is 13.4. The normalized spacial score (nSPS) is 14.6. The lowest BCUT2D eigenvalue weighted by atomic mass is 8.35. The van der Waals surface area contributed by atoms with Crippen LogP contribution >= 0.6 is 0 Å². The average Bonchev–Trinajstić information content (AvgIpc) is 3.63. The predicted octanol–water partition coefficient (Wildman–Crippen LogP) is -1.92. The molecule has 0 aliphatic carbocycles. The summed E-state index contributed by atoms with van der Waals surface area (Å²) in [5.74, 6) is 1.49. The van der Waals surface area contributed by atoms with E-state index in [1.807, 2.05) is 31.2 Å². The van der Waals surface area contributed by atoms with E-state index in [1.54, 1.807) is 20.3 Å². The van der Waals surface area contributed by atoms with Crippen molar-refractivity contribution >= 4 is 189 Å². The van der Waals surface area contributed by atoms with E-state index >= 15 is 0 Å². The summed E-state index contributed by atoms with van der Waals surface area (Å²) in [7, 11) is 81.2. The Bertz CT molecular complexity index is 2400. The van der Waals surface area contributed by atoms with Gasteiger partial charge >= 0.3 is 0 Å². The molecule has 0 spiro atoms. The van der Waals surface area contributed by atoms with Crippen LogP contribution in [0.4, 0.5) is 8.78 Å². The number of hydrogen-bond acceptors (Lipinski definition) is 4. The van der Waals surface area contributed by atoms with Crippen molar-refractivity contribution in [2.24, 2.45) is 0 Å². The van der Waals surface area contributed by atoms with Crippen LogP contribution in [0.3, 0.4) is 0 Å². The van der Waals surface area contributed by atoms with E-state index < -0.39 is 70.2 Å². The second-order valence-corrected chi connectivity index (χ2v) is 17.7. The molecule has 0 amide bonds. The Balaban J connectivity index is 0.000000256. The molecule has 27 radical (unpaired) electrons. The van der Waals surface area contributed by atoms with Crippen LogP contribution in [0, 0.1) is 18.6 Å². The number of nitrogens with zero attached hydrogens (tertiary/aromatic N) is 1. The molecule has 2 atom stereocenters. The van der Waals surface area contributed by atoms with E-state index in [2.05, 4.69) is 34.1 Å². The molecule has 4 aromatic carbocycles. The number of aromatic amines is 1. The van der Waals surface area contributed by atoms with E-state index in [-0.39, 0.29) is 30.3 Å². The number of aromatic nitrogens is 1. The maximum Gasteiger partial charge on any atom is 0.162 e. The van der Waals surface area contributed by atoms with E-state index in [9.17, 15) is 8.78 Å². The highest BCUT2D eigenvalue weighted by Gasteiger charge is 2.49. The molecule has 7 rings (SSSR count). The van der Waals surface area contributed by atoms with E-state index in [4.69, 9.17) is 115 Å². The summed E-state index contributed by atoms with van der Waals surface area (Å²) in [6.07, 6.45) is -7.58. The number of benzene rings is 4. The molecule has 0 bridgehead atoms. The fourth-order valence-electron chi connectivity index (χ4n) is 10.2. The molecule has 5 aromatic rings. The van der Waals surface area contributed by atoms with Gasteiger partial charge in [0.25, 0.3) is 0 Å². The fraction of sp³-hybridized carbons (Fsp3) is 0.257. The van der Waals surface area contributed by atoms with Gasteiger partial charge in [-0.25, -0.2) is 8.78 Å². The molecule has 289 valence electrons. The summed E-state index contributed by atoms with van der Waals surface area (Å²) in [6, 6.07) is 22.2. The van der Waals surface area contributed by atoms with Crippen LogP contribution in [-0.4, -0.2) is 209 Å². The molecule has 67 heavy (non-hydrogen) atoms. The topological polar surface area (TPSA) is 46.7 Å². The number of methoxy groups -OCH3 is 2. The predicted molar refractivity (Wildman–Crippen MR) is 302 cm³/mol. The first-order chi connectivity index (χ1) is 31.8. The molecule has 0 fully saturated rings. The Hall–Kier alpha value is -2.74. The smallest absolute Gasteiger partial charge is 0.162 e. The summed E-state index contributed by atoms with van der Waals surface area (Å²) in [4.78, 5) is 6.19. The third-order valence-electron chi connectivity index (χ3n) is 13.4. The number of fused-ring (bicyclic) bond motifs is 6. The van der Waals surface area contributed by atoms with Gasteiger partial charge in [-0.1, -0.05) is 24.3 Å². The van der Waals surface area contributed by atoms with Gasteiger partial charge in [-0.3, -0.25) is 4.90 Å². The van der Waals surface area contributed by atoms with Crippen LogP contribution in [0.25, 0.3) is 10.9 Å². The first kappa shape index (κ1) is 53.6. The minimum atomic E-state index is -0.960. The fourth-order valence-corrected chi connectivity index (χ4v) is 10.2. The summed E-state index contributed by atoms with van der Waals surface area (Å²) in [5.41, 5.74) is 8.17. The molecular weight excluding hydrogens is 805 g/mol. The highest BCUT2D eigenvalue weighted by molar-refractivity contribution is 8.24. The van der Waals surface area contributed by atoms with Gasteiger partial charge < -0.3 is 19.2 Å². The summed E-state index contributed by atoms with van der Waals surface area (Å²) >= 11 is 0. The van der Waals surface area contributed by atoms with Crippen molar-refractivity contribution in [3.05, 3.63) is 124 Å². The van der Waals surface area contributed by atoms with E-state index in [0.717, 1.165) is 58.4 Å². The lowest BCUT2D eigenvalue weighted by Crippen LogP contribution is -2.85. The van der Waals surface area contributed by atoms with Gasteiger partial charge in [0.2, 0.25) is 0 Å². The number of rotatable bonds is 17. The number of nitrogens with one attached hydrogen (secondary N) is 1. The zero-order valence-corrected chi connectivity index (χ0v) is 38.3. The summed E-state index contributed by atoms with van der Waals surface area (Å²) < 4.78 is 46.1. The monoisotopic (exact) mass is 841 g/mol. The van der Waals surface area contributed by atoms with Gasteiger partial charge in [0.1, 0.15) is 24.0 Å². The van der Waals surface area contributed by atoms with Crippen LogP contribution in [-0.2, 0) is 19.4 Å². The van der Waals surface area contributed by atoms with Gasteiger partial charge in [0.15, 0.2) is 11.5 Å². The second-order valence-electron chi connectivity index (χ2n) is 17.7. The molecule has 5 nitrogen and oxygen atoms in total. The zero-order valence-electron chi connectivity index (χ0n) is 38.3. The second kappa shape index (κ2) is 23.5. The van der Waals surface area contributed by atoms with Crippen LogP contribution in [0.2, 0.25) is 0 Å². The Morgan fingerprint density at radius 1 is 0.701 bits per heavy atom. The molecule has 1 N–H and O–H groups in total. The van der Waals surface area contributed by atoms with Crippen molar-refractivity contribution in [2.75, 3.05) is 20.8 Å². The SMILES string of the molecule is COc1ccc2[nH]c3c(c2c1)CC1c2cc(OCc4ccc(C)cc4F)c(OC)cc2CCN1C3c1ccc(F)cc1.[B][B]B(B([B])[B])B(B([B])[B])B(B(B([B])[B])B([B])[B])B(B([B])[B])B([B])[B]. The largest absolute Gasteiger partial charge is 0.497 e. The third kappa shape index (κ3) is 11.9. The van der Waals surface area contributed by atoms with Crippen LogP contribution in [0.15, 0.2) is 72.8 Å². The summed E-state index contributed by atoms with van der Waals surface area (Å²) in [5, 5.41) is 1.13. The van der Waals surface area contributed by atoms with Crippen molar-refractivity contribution in [2.45, 2.75) is 38.5 Å².